The van der Waals surface area contributed by atoms with Crippen LogP contribution in [0.15, 0.2) is 24.3 Å². The summed E-state index contributed by atoms with van der Waals surface area (Å²) < 4.78 is 33.7. The van der Waals surface area contributed by atoms with Gasteiger partial charge >= 0.3 is 19.8 Å². The van der Waals surface area contributed by atoms with Gasteiger partial charge in [0.05, 0.1) is 6.61 Å². The molecule has 0 radical (unpaired) electrons. The molecule has 1 aliphatic rings. The van der Waals surface area contributed by atoms with Crippen LogP contribution < -0.4 is 0 Å². The fourth-order valence-electron chi connectivity index (χ4n) is 8.40. The first-order chi connectivity index (χ1) is 32.4. The number of phosphoric ester groups is 1. The van der Waals surface area contributed by atoms with Crippen molar-refractivity contribution in [1.82, 2.24) is 0 Å². The molecule has 0 aliphatic heterocycles. The van der Waals surface area contributed by atoms with Crippen LogP contribution in [0.3, 0.4) is 0 Å². The second kappa shape index (κ2) is 43.1. The molecule has 14 heteroatoms. The van der Waals surface area contributed by atoms with Crippen LogP contribution in [0.2, 0.25) is 0 Å². The van der Waals surface area contributed by atoms with Crippen LogP contribution in [-0.2, 0) is 32.7 Å². The fourth-order valence-corrected chi connectivity index (χ4v) is 9.37. The Morgan fingerprint density at radius 2 is 0.761 bits per heavy atom. The molecule has 1 aliphatic carbocycles. The summed E-state index contributed by atoms with van der Waals surface area (Å²) in [5.41, 5.74) is 0. The van der Waals surface area contributed by atoms with E-state index in [4.69, 9.17) is 18.5 Å². The SMILES string of the molecule is CCCCCCCC/C=C\CCCCCCCC(=O)OCC(COP(=O)(O)OC1C(O)C(O)C(O)C(O)C1O)OC(=O)CCCCCCCCCCCCC/C=C\CCCCCCCCCC. The van der Waals surface area contributed by atoms with Gasteiger partial charge in [-0.25, -0.2) is 4.57 Å². The fraction of sp³-hybridized carbons (Fsp3) is 0.887. The molecule has 1 rings (SSSR count). The van der Waals surface area contributed by atoms with Gasteiger partial charge < -0.3 is 39.9 Å². The van der Waals surface area contributed by atoms with E-state index < -0.39 is 75.7 Å². The number of aliphatic hydroxyl groups excluding tert-OH is 5. The first-order valence-corrected chi connectivity index (χ1v) is 28.6. The van der Waals surface area contributed by atoms with E-state index in [9.17, 15) is 44.6 Å². The summed E-state index contributed by atoms with van der Waals surface area (Å²) in [5, 5.41) is 50.3. The zero-order valence-corrected chi connectivity index (χ0v) is 43.1. The quantitative estimate of drug-likeness (QED) is 0.0145. The van der Waals surface area contributed by atoms with Crippen molar-refractivity contribution in [2.75, 3.05) is 13.2 Å². The number of ether oxygens (including phenoxy) is 2. The Bertz CT molecular complexity index is 1270. The molecule has 6 N–H and O–H groups in total. The summed E-state index contributed by atoms with van der Waals surface area (Å²) in [7, 11) is -5.12. The minimum Gasteiger partial charge on any atom is -0.462 e. The maximum absolute atomic E-state index is 12.9. The highest BCUT2D eigenvalue weighted by Gasteiger charge is 2.51. The lowest BCUT2D eigenvalue weighted by Crippen LogP contribution is -2.64. The Morgan fingerprint density at radius 3 is 1.13 bits per heavy atom. The molecular weight excluding hydrogens is 876 g/mol. The zero-order chi connectivity index (χ0) is 49.2. The van der Waals surface area contributed by atoms with Crippen LogP contribution in [0.5, 0.6) is 0 Å². The number of carbonyl (C=O) groups is 2. The molecule has 0 aromatic carbocycles. The largest absolute Gasteiger partial charge is 0.472 e. The molecule has 0 amide bonds. The van der Waals surface area contributed by atoms with E-state index in [1.807, 2.05) is 0 Å². The molecule has 0 bridgehead atoms. The maximum Gasteiger partial charge on any atom is 0.472 e. The standard InChI is InChI=1S/C53H99O13P/c1-3-5-7-9-11-13-15-17-19-20-21-22-23-24-25-26-28-30-32-34-36-38-40-42-47(55)65-45(44-64-67(61,62)66-53-51(59)49(57)48(56)50(58)52(53)60)43-63-46(54)41-39-37-35-33-31-29-27-18-16-14-12-10-8-6-4-2/h18,20-21,27,45,48-53,56-60H,3-17,19,22-26,28-44H2,1-2H3,(H,61,62)/b21-20-,27-18-. The van der Waals surface area contributed by atoms with Crippen molar-refractivity contribution in [2.24, 2.45) is 0 Å². The number of phosphoric acid groups is 1. The van der Waals surface area contributed by atoms with Crippen LogP contribution in [0, 0.1) is 0 Å². The summed E-state index contributed by atoms with van der Waals surface area (Å²) in [6.07, 6.45) is 36.6. The molecule has 13 nitrogen and oxygen atoms in total. The van der Waals surface area contributed by atoms with Gasteiger partial charge in [-0.15, -0.1) is 0 Å². The second-order valence-corrected chi connectivity index (χ2v) is 20.5. The highest BCUT2D eigenvalue weighted by atomic mass is 31.2. The van der Waals surface area contributed by atoms with Gasteiger partial charge in [-0.3, -0.25) is 18.6 Å². The van der Waals surface area contributed by atoms with Gasteiger partial charge in [0, 0.05) is 12.8 Å². The first kappa shape index (κ1) is 63.3. The molecule has 6 atom stereocenters. The van der Waals surface area contributed by atoms with Gasteiger partial charge in [0.2, 0.25) is 0 Å². The molecule has 0 heterocycles. The third-order valence-electron chi connectivity index (χ3n) is 12.8. The van der Waals surface area contributed by atoms with Crippen LogP contribution in [-0.4, -0.2) is 98.3 Å². The van der Waals surface area contributed by atoms with Crippen molar-refractivity contribution < 1.29 is 63.1 Å². The van der Waals surface area contributed by atoms with Crippen molar-refractivity contribution in [3.8, 4) is 0 Å². The van der Waals surface area contributed by atoms with E-state index >= 15 is 0 Å². The van der Waals surface area contributed by atoms with E-state index in [2.05, 4.69) is 38.2 Å². The van der Waals surface area contributed by atoms with E-state index in [1.54, 1.807) is 0 Å². The van der Waals surface area contributed by atoms with E-state index in [0.717, 1.165) is 64.2 Å². The Kier molecular flexibility index (Phi) is 40.8. The number of carbonyl (C=O) groups excluding carboxylic acids is 2. The molecule has 67 heavy (non-hydrogen) atoms. The zero-order valence-electron chi connectivity index (χ0n) is 42.2. The summed E-state index contributed by atoms with van der Waals surface area (Å²) in [4.78, 5) is 35.9. The molecule has 394 valence electrons. The summed E-state index contributed by atoms with van der Waals surface area (Å²) >= 11 is 0. The minimum absolute atomic E-state index is 0.0968. The minimum atomic E-state index is -5.12. The average Bonchev–Trinajstić information content (AvgIpc) is 3.31. The van der Waals surface area contributed by atoms with Crippen molar-refractivity contribution in [2.45, 2.75) is 288 Å². The smallest absolute Gasteiger partial charge is 0.462 e. The van der Waals surface area contributed by atoms with Gasteiger partial charge in [-0.05, 0) is 64.2 Å². The number of rotatable bonds is 46. The molecule has 1 fully saturated rings. The third-order valence-corrected chi connectivity index (χ3v) is 13.8. The molecular formula is C53H99O13P. The topological polar surface area (TPSA) is 210 Å². The predicted octanol–water partition coefficient (Wildman–Crippen LogP) is 12.0. The lowest BCUT2D eigenvalue weighted by atomic mass is 9.85. The Hall–Kier alpha value is -1.67. The Balaban J connectivity index is 2.35. The number of hydrogen-bond acceptors (Lipinski definition) is 12. The van der Waals surface area contributed by atoms with Crippen molar-refractivity contribution >= 4 is 19.8 Å². The number of esters is 2. The number of aliphatic hydroxyl groups is 5. The second-order valence-electron chi connectivity index (χ2n) is 19.1. The molecule has 0 spiro atoms. The molecule has 0 saturated heterocycles. The number of allylic oxidation sites excluding steroid dienone is 4. The number of hydrogen-bond donors (Lipinski definition) is 6. The van der Waals surface area contributed by atoms with Gasteiger partial charge in [0.25, 0.3) is 0 Å². The first-order valence-electron chi connectivity index (χ1n) is 27.1. The predicted molar refractivity (Wildman–Crippen MR) is 267 cm³/mol. The molecule has 0 aromatic heterocycles. The van der Waals surface area contributed by atoms with Crippen LogP contribution in [0.1, 0.15) is 245 Å². The van der Waals surface area contributed by atoms with E-state index in [-0.39, 0.29) is 12.8 Å². The highest BCUT2D eigenvalue weighted by Crippen LogP contribution is 2.47. The van der Waals surface area contributed by atoms with Gasteiger partial charge in [-0.2, -0.15) is 0 Å². The monoisotopic (exact) mass is 975 g/mol. The molecule has 0 aromatic rings. The molecule has 6 unspecified atom stereocenters. The number of unbranched alkanes of at least 4 members (excludes halogenated alkanes) is 30. The lowest BCUT2D eigenvalue weighted by molar-refractivity contribution is -0.220. The van der Waals surface area contributed by atoms with Crippen molar-refractivity contribution in [3.63, 3.8) is 0 Å². The summed E-state index contributed by atoms with van der Waals surface area (Å²) in [6, 6.07) is 0. The van der Waals surface area contributed by atoms with Gasteiger partial charge in [-0.1, -0.05) is 192 Å². The molecule has 1 saturated carbocycles. The average molecular weight is 975 g/mol. The van der Waals surface area contributed by atoms with Crippen LogP contribution in [0.25, 0.3) is 0 Å². The normalized spacial score (nSPS) is 21.3. The van der Waals surface area contributed by atoms with Gasteiger partial charge in [0.1, 0.15) is 43.2 Å². The van der Waals surface area contributed by atoms with Crippen LogP contribution in [0.4, 0.5) is 0 Å². The van der Waals surface area contributed by atoms with Gasteiger partial charge in [0.15, 0.2) is 6.10 Å². The highest BCUT2D eigenvalue weighted by molar-refractivity contribution is 7.47. The summed E-state index contributed by atoms with van der Waals surface area (Å²) in [6.45, 7) is 3.32. The van der Waals surface area contributed by atoms with Crippen molar-refractivity contribution in [1.29, 1.82) is 0 Å². The van der Waals surface area contributed by atoms with Crippen LogP contribution >= 0.6 is 7.82 Å². The Labute approximate surface area is 406 Å². The van der Waals surface area contributed by atoms with E-state index in [0.29, 0.717) is 12.8 Å². The Morgan fingerprint density at radius 1 is 0.448 bits per heavy atom. The maximum atomic E-state index is 12.9. The summed E-state index contributed by atoms with van der Waals surface area (Å²) in [5.74, 6) is -1.10. The lowest BCUT2D eigenvalue weighted by Gasteiger charge is -2.41. The third kappa shape index (κ3) is 35.1. The van der Waals surface area contributed by atoms with Crippen molar-refractivity contribution in [3.05, 3.63) is 24.3 Å². The van der Waals surface area contributed by atoms with E-state index in [1.165, 1.54) is 141 Å².